The van der Waals surface area contributed by atoms with Crippen molar-refractivity contribution in [1.29, 1.82) is 0 Å². The molecule has 0 aliphatic rings. The molecule has 0 unspecified atom stereocenters. The molecule has 0 saturated heterocycles. The van der Waals surface area contributed by atoms with E-state index in [1.165, 1.54) is 0 Å². The first-order valence-electron chi connectivity index (χ1n) is 8.99. The number of carbonyl (C=O) groups is 1. The predicted octanol–water partition coefficient (Wildman–Crippen LogP) is 1.49. The van der Waals surface area contributed by atoms with Crippen LogP contribution in [0.4, 0.5) is 0 Å². The van der Waals surface area contributed by atoms with Crippen molar-refractivity contribution < 1.29 is 14.3 Å². The minimum atomic E-state index is 0.0889. The number of nitrogens with two attached hydrogens (primary N) is 2. The first-order valence-corrected chi connectivity index (χ1v) is 8.99. The minimum Gasteiger partial charge on any atom is -0.401 e. The first kappa shape index (κ1) is 22.7. The molecule has 24 heavy (non-hydrogen) atoms. The zero-order valence-corrected chi connectivity index (χ0v) is 15.4. The maximum atomic E-state index is 11.4. The van der Waals surface area contributed by atoms with Gasteiger partial charge in [0.2, 0.25) is 5.91 Å². The molecule has 0 aromatic rings. The van der Waals surface area contributed by atoms with Gasteiger partial charge in [0.1, 0.15) is 0 Å². The zero-order chi connectivity index (χ0) is 18.0. The number of ether oxygens (including phenoxy) is 2. The summed E-state index contributed by atoms with van der Waals surface area (Å²) in [6.45, 7) is 7.35. The molecule has 0 bridgehead atoms. The van der Waals surface area contributed by atoms with Gasteiger partial charge in [-0.1, -0.05) is 26.7 Å². The predicted molar refractivity (Wildman–Crippen MR) is 96.9 cm³/mol. The van der Waals surface area contributed by atoms with Gasteiger partial charge in [0.25, 0.3) is 0 Å². The Morgan fingerprint density at radius 3 is 2.33 bits per heavy atom. The molecule has 0 aliphatic heterocycles. The number of hydrogen-bond donors (Lipinski definition) is 3. The Hall–Kier alpha value is -1.31. The molecular formula is C17H36N4O3. The van der Waals surface area contributed by atoms with Crippen molar-refractivity contribution >= 4 is 5.91 Å². The van der Waals surface area contributed by atoms with Gasteiger partial charge in [0.15, 0.2) is 0 Å². The molecule has 0 atom stereocenters. The molecule has 0 aliphatic carbocycles. The van der Waals surface area contributed by atoms with Crippen LogP contribution in [0.25, 0.3) is 0 Å². The lowest BCUT2D eigenvalue weighted by atomic mass is 10.2. The Kier molecular flexibility index (Phi) is 15.6. The van der Waals surface area contributed by atoms with Crippen molar-refractivity contribution in [3.05, 3.63) is 11.9 Å². The van der Waals surface area contributed by atoms with Crippen LogP contribution in [0.2, 0.25) is 0 Å². The summed E-state index contributed by atoms with van der Waals surface area (Å²) in [5.41, 5.74) is 6.65. The number of allylic oxidation sites excluding steroid dienone is 1. The molecule has 0 radical (unpaired) electrons. The number of hydrazine groups is 1. The Labute approximate surface area is 146 Å². The summed E-state index contributed by atoms with van der Waals surface area (Å²) in [5.74, 6) is 5.90. The van der Waals surface area contributed by atoms with E-state index >= 15 is 0 Å². The normalized spacial score (nSPS) is 11.5. The van der Waals surface area contributed by atoms with Crippen LogP contribution in [-0.4, -0.2) is 50.4 Å². The molecule has 0 heterocycles. The highest BCUT2D eigenvalue weighted by Crippen LogP contribution is 2.01. The highest BCUT2D eigenvalue weighted by Gasteiger charge is 1.99. The lowest BCUT2D eigenvalue weighted by molar-refractivity contribution is -0.121. The van der Waals surface area contributed by atoms with E-state index in [2.05, 4.69) is 19.2 Å². The van der Waals surface area contributed by atoms with Crippen molar-refractivity contribution in [3.63, 3.8) is 0 Å². The summed E-state index contributed by atoms with van der Waals surface area (Å²) < 4.78 is 10.8. The van der Waals surface area contributed by atoms with E-state index in [1.807, 2.05) is 0 Å². The van der Waals surface area contributed by atoms with Crippen LogP contribution in [0.1, 0.15) is 52.4 Å². The van der Waals surface area contributed by atoms with Crippen LogP contribution in [0.15, 0.2) is 11.9 Å². The topological polar surface area (TPSA) is 103 Å². The maximum absolute atomic E-state index is 11.4. The molecular weight excluding hydrogens is 308 g/mol. The van der Waals surface area contributed by atoms with Crippen molar-refractivity contribution in [2.45, 2.75) is 52.4 Å². The van der Waals surface area contributed by atoms with E-state index < -0.39 is 0 Å². The molecule has 0 aromatic heterocycles. The number of carbonyl (C=O) groups excluding carboxylic acids is 1. The van der Waals surface area contributed by atoms with Gasteiger partial charge >= 0.3 is 0 Å². The molecule has 0 aromatic carbocycles. The van der Waals surface area contributed by atoms with E-state index in [0.29, 0.717) is 45.9 Å². The fourth-order valence-electron chi connectivity index (χ4n) is 1.90. The van der Waals surface area contributed by atoms with Gasteiger partial charge < -0.3 is 25.5 Å². The zero-order valence-electron chi connectivity index (χ0n) is 15.4. The monoisotopic (exact) mass is 344 g/mol. The van der Waals surface area contributed by atoms with Gasteiger partial charge in [0.05, 0.1) is 33.0 Å². The Morgan fingerprint density at radius 1 is 1.04 bits per heavy atom. The van der Waals surface area contributed by atoms with Crippen LogP contribution in [0.5, 0.6) is 0 Å². The summed E-state index contributed by atoms with van der Waals surface area (Å²) in [6.07, 6.45) is 7.37. The van der Waals surface area contributed by atoms with E-state index in [9.17, 15) is 4.79 Å². The first-order chi connectivity index (χ1) is 11.6. The molecule has 1 amide bonds. The third-order valence-corrected chi connectivity index (χ3v) is 3.34. The average Bonchev–Trinajstić information content (AvgIpc) is 2.56. The largest absolute Gasteiger partial charge is 0.401 e. The molecule has 5 N–H and O–H groups in total. The SMILES string of the molecule is CCCCC(=O)NCCOCCOCCN(N)/C=C(\N)CCCC. The van der Waals surface area contributed by atoms with Crippen molar-refractivity contribution in [2.75, 3.05) is 39.5 Å². The smallest absolute Gasteiger partial charge is 0.220 e. The van der Waals surface area contributed by atoms with Crippen LogP contribution >= 0.6 is 0 Å². The minimum absolute atomic E-state index is 0.0889. The number of unbranched alkanes of at least 4 members (excludes halogenated alkanes) is 2. The van der Waals surface area contributed by atoms with E-state index in [0.717, 1.165) is 37.8 Å². The standard InChI is InChI=1S/C17H36N4O3/c1-3-5-7-16(18)15-21(19)10-12-24-14-13-23-11-9-20-17(22)8-6-4-2/h15H,3-14,18-19H2,1-2H3,(H,20,22)/b16-15-. The summed E-state index contributed by atoms with van der Waals surface area (Å²) >= 11 is 0. The van der Waals surface area contributed by atoms with Crippen LogP contribution < -0.4 is 16.9 Å². The number of amides is 1. The molecule has 7 nitrogen and oxygen atoms in total. The summed E-state index contributed by atoms with van der Waals surface area (Å²) in [4.78, 5) is 11.4. The second-order valence-electron chi connectivity index (χ2n) is 5.72. The summed E-state index contributed by atoms with van der Waals surface area (Å²) in [6, 6.07) is 0. The highest BCUT2D eigenvalue weighted by molar-refractivity contribution is 5.75. The average molecular weight is 345 g/mol. The Morgan fingerprint density at radius 2 is 1.67 bits per heavy atom. The molecule has 7 heteroatoms. The van der Waals surface area contributed by atoms with Crippen molar-refractivity contribution in [2.24, 2.45) is 11.6 Å². The fourth-order valence-corrected chi connectivity index (χ4v) is 1.90. The summed E-state index contributed by atoms with van der Waals surface area (Å²) in [7, 11) is 0. The van der Waals surface area contributed by atoms with Crippen molar-refractivity contribution in [3.8, 4) is 0 Å². The van der Waals surface area contributed by atoms with Gasteiger partial charge in [-0.05, 0) is 19.3 Å². The quantitative estimate of drug-likeness (QED) is 0.223. The van der Waals surface area contributed by atoms with E-state index in [-0.39, 0.29) is 5.91 Å². The van der Waals surface area contributed by atoms with Crippen LogP contribution in [0.3, 0.4) is 0 Å². The molecule has 142 valence electrons. The van der Waals surface area contributed by atoms with Gasteiger partial charge in [-0.15, -0.1) is 0 Å². The molecule has 0 saturated carbocycles. The van der Waals surface area contributed by atoms with Gasteiger partial charge in [-0.25, -0.2) is 5.84 Å². The number of hydrogen-bond acceptors (Lipinski definition) is 6. The highest BCUT2D eigenvalue weighted by atomic mass is 16.5. The third kappa shape index (κ3) is 15.6. The fraction of sp³-hybridized carbons (Fsp3) is 0.824. The van der Waals surface area contributed by atoms with Gasteiger partial charge in [0, 0.05) is 24.9 Å². The lowest BCUT2D eigenvalue weighted by Gasteiger charge is -2.15. The Balaban J connectivity index is 3.40. The lowest BCUT2D eigenvalue weighted by Crippen LogP contribution is -2.30. The number of nitrogens with zero attached hydrogens (tertiary/aromatic N) is 1. The van der Waals surface area contributed by atoms with E-state index in [1.54, 1.807) is 11.2 Å². The maximum Gasteiger partial charge on any atom is 0.220 e. The van der Waals surface area contributed by atoms with E-state index in [4.69, 9.17) is 21.1 Å². The Bertz CT molecular complexity index is 338. The van der Waals surface area contributed by atoms with Crippen LogP contribution in [0, 0.1) is 0 Å². The number of nitrogens with one attached hydrogen (secondary N) is 1. The molecule has 0 fully saturated rings. The second-order valence-corrected chi connectivity index (χ2v) is 5.72. The van der Waals surface area contributed by atoms with Crippen molar-refractivity contribution in [1.82, 2.24) is 10.3 Å². The van der Waals surface area contributed by atoms with Crippen LogP contribution in [-0.2, 0) is 14.3 Å². The van der Waals surface area contributed by atoms with Gasteiger partial charge in [-0.3, -0.25) is 4.79 Å². The molecule has 0 rings (SSSR count). The second kappa shape index (κ2) is 16.5. The number of rotatable bonds is 16. The molecule has 0 spiro atoms. The summed E-state index contributed by atoms with van der Waals surface area (Å²) in [5, 5.41) is 4.37. The third-order valence-electron chi connectivity index (χ3n) is 3.34. The van der Waals surface area contributed by atoms with Gasteiger partial charge in [-0.2, -0.15) is 0 Å².